The zero-order valence-electron chi connectivity index (χ0n) is 22.6. The number of aryl methyl sites for hydroxylation is 1. The van der Waals surface area contributed by atoms with Gasteiger partial charge in [-0.05, 0) is 87.0 Å². The summed E-state index contributed by atoms with van der Waals surface area (Å²) in [6, 6.07) is 43.5. The minimum atomic E-state index is 1.05. The Morgan fingerprint density at radius 3 is 1.92 bits per heavy atom. The summed E-state index contributed by atoms with van der Waals surface area (Å²) in [5, 5.41) is 7.86. The fourth-order valence-corrected chi connectivity index (χ4v) is 5.31. The van der Waals surface area contributed by atoms with Gasteiger partial charge in [-0.15, -0.1) is 0 Å². The maximum Gasteiger partial charge on any atom is -0.00990 e. The predicted octanol–water partition coefficient (Wildman–Crippen LogP) is 11.1. The molecule has 0 saturated carbocycles. The van der Waals surface area contributed by atoms with Gasteiger partial charge in [0.1, 0.15) is 0 Å². The highest BCUT2D eigenvalue weighted by molar-refractivity contribution is 6.13. The van der Waals surface area contributed by atoms with Crippen molar-refractivity contribution >= 4 is 37.9 Å². The lowest BCUT2D eigenvalue weighted by molar-refractivity contribution is 1.22. The van der Waals surface area contributed by atoms with Crippen molar-refractivity contribution < 1.29 is 0 Å². The highest BCUT2D eigenvalue weighted by Crippen LogP contribution is 2.34. The van der Waals surface area contributed by atoms with Crippen LogP contribution >= 0.6 is 0 Å². The van der Waals surface area contributed by atoms with Crippen LogP contribution < -0.4 is 0 Å². The second-order valence-electron chi connectivity index (χ2n) is 10.4. The molecule has 0 spiro atoms. The molecule has 6 aromatic rings. The van der Waals surface area contributed by atoms with Gasteiger partial charge >= 0.3 is 0 Å². The van der Waals surface area contributed by atoms with Gasteiger partial charge in [0.05, 0.1) is 0 Å². The number of allylic oxidation sites excluding steroid dienone is 6. The van der Waals surface area contributed by atoms with Crippen LogP contribution in [0.15, 0.2) is 151 Å². The first-order chi connectivity index (χ1) is 19.2. The van der Waals surface area contributed by atoms with Crippen molar-refractivity contribution in [3.63, 3.8) is 0 Å². The Morgan fingerprint density at radius 1 is 0.487 bits per heavy atom. The van der Waals surface area contributed by atoms with E-state index in [2.05, 4.69) is 159 Å². The predicted molar refractivity (Wildman–Crippen MR) is 171 cm³/mol. The molecule has 7 rings (SSSR count). The highest BCUT2D eigenvalue weighted by atomic mass is 14.1. The zero-order chi connectivity index (χ0) is 26.6. The molecule has 6 aromatic carbocycles. The summed E-state index contributed by atoms with van der Waals surface area (Å²) >= 11 is 0. The average Bonchev–Trinajstić information content (AvgIpc) is 3.21. The van der Waals surface area contributed by atoms with E-state index in [9.17, 15) is 0 Å². The standard InChI is InChI=1S/C21H16.C18H16/c1-15-10-12-16(13-11-15)21-14-17-6-2-3-7-18(17)19-8-4-5-9-20(19)21;1-14-5-4-8-16(10-9-14)18-12-11-15-6-2-3-7-17(15)13-18/h2-14H,1H3;2-4,6-13H,5H2,1H3. The SMILES string of the molecule is CC1=CC=C(c2ccc3ccccc3c2)C=CC1.Cc1ccc(-c2cc3ccccc3c3ccccc23)cc1. The summed E-state index contributed by atoms with van der Waals surface area (Å²) in [6.07, 6.45) is 9.93. The van der Waals surface area contributed by atoms with Crippen molar-refractivity contribution in [1.29, 1.82) is 0 Å². The van der Waals surface area contributed by atoms with Gasteiger partial charge in [-0.3, -0.25) is 0 Å². The summed E-state index contributed by atoms with van der Waals surface area (Å²) in [6.45, 7) is 4.30. The number of rotatable bonds is 2. The molecule has 0 radical (unpaired) electrons. The van der Waals surface area contributed by atoms with Gasteiger partial charge in [0.15, 0.2) is 0 Å². The summed E-state index contributed by atoms with van der Waals surface area (Å²) in [5.74, 6) is 0. The van der Waals surface area contributed by atoms with Gasteiger partial charge in [-0.25, -0.2) is 0 Å². The van der Waals surface area contributed by atoms with Crippen LogP contribution in [-0.2, 0) is 0 Å². The lowest BCUT2D eigenvalue weighted by atomic mass is 9.93. The molecule has 0 heteroatoms. The summed E-state index contributed by atoms with van der Waals surface area (Å²) in [4.78, 5) is 0. The van der Waals surface area contributed by atoms with E-state index in [1.165, 1.54) is 65.7 Å². The molecule has 0 saturated heterocycles. The van der Waals surface area contributed by atoms with Gasteiger partial charge < -0.3 is 0 Å². The maximum atomic E-state index is 2.31. The molecular weight excluding hydrogens is 468 g/mol. The molecule has 0 fully saturated rings. The molecular formula is C39H32. The van der Waals surface area contributed by atoms with Crippen LogP contribution in [0.5, 0.6) is 0 Å². The number of hydrogen-bond donors (Lipinski definition) is 0. The van der Waals surface area contributed by atoms with E-state index in [0.717, 1.165) is 6.42 Å². The quantitative estimate of drug-likeness (QED) is 0.207. The van der Waals surface area contributed by atoms with E-state index >= 15 is 0 Å². The first kappa shape index (κ1) is 24.6. The van der Waals surface area contributed by atoms with Crippen molar-refractivity contribution in [2.45, 2.75) is 20.3 Å². The Bertz CT molecular complexity index is 1880. The second kappa shape index (κ2) is 11.0. The molecule has 0 unspecified atom stereocenters. The molecule has 0 nitrogen and oxygen atoms in total. The van der Waals surface area contributed by atoms with E-state index in [0.29, 0.717) is 0 Å². The molecule has 188 valence electrons. The van der Waals surface area contributed by atoms with Crippen LogP contribution in [0, 0.1) is 6.92 Å². The molecule has 0 bridgehead atoms. The lowest BCUT2D eigenvalue weighted by Gasteiger charge is -2.11. The largest absolute Gasteiger partial charge is 0.0799 e. The average molecular weight is 501 g/mol. The van der Waals surface area contributed by atoms with E-state index in [1.807, 2.05) is 0 Å². The third kappa shape index (κ3) is 5.33. The van der Waals surface area contributed by atoms with Gasteiger partial charge in [-0.1, -0.05) is 145 Å². The molecule has 0 aliphatic heterocycles. The molecule has 39 heavy (non-hydrogen) atoms. The van der Waals surface area contributed by atoms with E-state index in [4.69, 9.17) is 0 Å². The van der Waals surface area contributed by atoms with Crippen molar-refractivity contribution in [3.8, 4) is 11.1 Å². The van der Waals surface area contributed by atoms with Crippen LogP contribution in [0.4, 0.5) is 0 Å². The Kier molecular flexibility index (Phi) is 6.93. The molecule has 1 aliphatic rings. The van der Waals surface area contributed by atoms with Crippen molar-refractivity contribution in [2.75, 3.05) is 0 Å². The van der Waals surface area contributed by atoms with Gasteiger partial charge in [0, 0.05) is 0 Å². The molecule has 0 atom stereocenters. The van der Waals surface area contributed by atoms with E-state index in [-0.39, 0.29) is 0 Å². The summed E-state index contributed by atoms with van der Waals surface area (Å²) < 4.78 is 0. The van der Waals surface area contributed by atoms with Gasteiger partial charge in [0.2, 0.25) is 0 Å². The van der Waals surface area contributed by atoms with Crippen LogP contribution in [0.25, 0.3) is 49.0 Å². The number of benzene rings is 6. The number of fused-ring (bicyclic) bond motifs is 4. The van der Waals surface area contributed by atoms with Crippen LogP contribution in [-0.4, -0.2) is 0 Å². The lowest BCUT2D eigenvalue weighted by Crippen LogP contribution is -1.84. The van der Waals surface area contributed by atoms with Crippen molar-refractivity contribution in [1.82, 2.24) is 0 Å². The third-order valence-corrected chi connectivity index (χ3v) is 7.50. The minimum Gasteiger partial charge on any atom is -0.0799 e. The van der Waals surface area contributed by atoms with Crippen LogP contribution in [0.1, 0.15) is 24.5 Å². The first-order valence-corrected chi connectivity index (χ1v) is 13.7. The summed E-state index contributed by atoms with van der Waals surface area (Å²) in [7, 11) is 0. The maximum absolute atomic E-state index is 2.31. The second-order valence-corrected chi connectivity index (χ2v) is 10.4. The molecule has 0 N–H and O–H groups in total. The monoisotopic (exact) mass is 500 g/mol. The van der Waals surface area contributed by atoms with E-state index in [1.54, 1.807) is 0 Å². The smallest absolute Gasteiger partial charge is 0.00990 e. The topological polar surface area (TPSA) is 0 Å². The zero-order valence-corrected chi connectivity index (χ0v) is 22.6. The Balaban J connectivity index is 0.000000144. The van der Waals surface area contributed by atoms with Gasteiger partial charge in [0.25, 0.3) is 0 Å². The van der Waals surface area contributed by atoms with E-state index < -0.39 is 0 Å². The van der Waals surface area contributed by atoms with Gasteiger partial charge in [-0.2, -0.15) is 0 Å². The number of hydrogen-bond acceptors (Lipinski definition) is 0. The Morgan fingerprint density at radius 2 is 1.13 bits per heavy atom. The normalized spacial score (nSPS) is 13.0. The molecule has 0 heterocycles. The van der Waals surface area contributed by atoms with Crippen molar-refractivity contribution in [2.24, 2.45) is 0 Å². The molecule has 1 aliphatic carbocycles. The van der Waals surface area contributed by atoms with Crippen LogP contribution in [0.2, 0.25) is 0 Å². The Labute approximate surface area is 231 Å². The van der Waals surface area contributed by atoms with Crippen molar-refractivity contribution in [3.05, 3.63) is 162 Å². The third-order valence-electron chi connectivity index (χ3n) is 7.50. The van der Waals surface area contributed by atoms with Crippen LogP contribution in [0.3, 0.4) is 0 Å². The minimum absolute atomic E-state index is 1.05. The summed E-state index contributed by atoms with van der Waals surface area (Å²) in [5.41, 5.74) is 7.87. The first-order valence-electron chi connectivity index (χ1n) is 13.7. The molecule has 0 aromatic heterocycles. The fraction of sp³-hybridized carbons (Fsp3) is 0.0769. The fourth-order valence-electron chi connectivity index (χ4n) is 5.31. The molecule has 0 amide bonds. The highest BCUT2D eigenvalue weighted by Gasteiger charge is 2.07. The Hall–Kier alpha value is -4.68.